The van der Waals surface area contributed by atoms with Gasteiger partial charge >= 0.3 is 7.82 Å². The maximum absolute atomic E-state index is 13.6. The summed E-state index contributed by atoms with van der Waals surface area (Å²) in [5.74, 6) is -0.697. The van der Waals surface area contributed by atoms with Crippen LogP contribution in [0.2, 0.25) is 0 Å². The van der Waals surface area contributed by atoms with Crippen LogP contribution in [0.3, 0.4) is 0 Å². The summed E-state index contributed by atoms with van der Waals surface area (Å²) in [6, 6.07) is 14.2. The molecule has 0 spiro atoms. The summed E-state index contributed by atoms with van der Waals surface area (Å²) in [4.78, 5) is 28.0. The van der Waals surface area contributed by atoms with Gasteiger partial charge in [-0.2, -0.15) is 0 Å². The van der Waals surface area contributed by atoms with Gasteiger partial charge < -0.3 is 5.32 Å². The molecule has 8 nitrogen and oxygen atoms in total. The zero-order valence-electron chi connectivity index (χ0n) is 20.2. The summed E-state index contributed by atoms with van der Waals surface area (Å²) in [6.45, 7) is 10.1. The summed E-state index contributed by atoms with van der Waals surface area (Å²) < 4.78 is 30.5. The zero-order chi connectivity index (χ0) is 24.9. The standard InChI is InChI=1S/C25H29N2O6P/c1-24(2,3)32-34(30,33-25(4,5)6)31-15-27-19-14-10-8-12-17(19)20(23(27)29)21-22(28)16-11-7-9-13-18(16)26-21/h7-14,26H,15H2,1-6H3/b21-20-. The van der Waals surface area contributed by atoms with E-state index in [9.17, 15) is 14.2 Å². The van der Waals surface area contributed by atoms with E-state index in [1.165, 1.54) is 4.90 Å². The Morgan fingerprint density at radius 2 is 1.41 bits per heavy atom. The smallest absolute Gasteiger partial charge is 0.351 e. The van der Waals surface area contributed by atoms with Gasteiger partial charge in [0.2, 0.25) is 5.78 Å². The highest BCUT2D eigenvalue weighted by Crippen LogP contribution is 2.56. The summed E-state index contributed by atoms with van der Waals surface area (Å²) in [7, 11) is -4.05. The van der Waals surface area contributed by atoms with Crippen molar-refractivity contribution in [3.8, 4) is 0 Å². The SMILES string of the molecule is CC(C)(C)OP(=O)(OCN1C(=O)/C(=C2\Nc3ccccc3C2=O)c2ccccc21)OC(C)(C)C. The van der Waals surface area contributed by atoms with Crippen molar-refractivity contribution in [2.45, 2.75) is 52.7 Å². The first-order chi connectivity index (χ1) is 15.8. The van der Waals surface area contributed by atoms with Crippen molar-refractivity contribution in [1.29, 1.82) is 0 Å². The lowest BCUT2D eigenvalue weighted by Gasteiger charge is -2.31. The van der Waals surface area contributed by atoms with Crippen molar-refractivity contribution in [3.63, 3.8) is 0 Å². The van der Waals surface area contributed by atoms with Gasteiger partial charge in [0.1, 0.15) is 12.4 Å². The third-order valence-corrected chi connectivity index (χ3v) is 6.92. The molecule has 0 saturated carbocycles. The molecular formula is C25H29N2O6P. The number of carbonyl (C=O) groups excluding carboxylic acids is 2. The van der Waals surface area contributed by atoms with Gasteiger partial charge in [0.15, 0.2) is 0 Å². The van der Waals surface area contributed by atoms with Crippen LogP contribution >= 0.6 is 7.82 Å². The van der Waals surface area contributed by atoms with Crippen molar-refractivity contribution in [2.24, 2.45) is 0 Å². The quantitative estimate of drug-likeness (QED) is 0.426. The van der Waals surface area contributed by atoms with E-state index in [1.807, 2.05) is 6.07 Å². The molecule has 2 aliphatic rings. The van der Waals surface area contributed by atoms with Crippen LogP contribution < -0.4 is 10.2 Å². The molecule has 1 N–H and O–H groups in total. The van der Waals surface area contributed by atoms with Crippen LogP contribution in [0.1, 0.15) is 57.5 Å². The number of carbonyl (C=O) groups is 2. The number of Topliss-reactive ketones (excluding diaryl/α,β-unsaturated/α-hetero) is 1. The van der Waals surface area contributed by atoms with Crippen molar-refractivity contribution in [2.75, 3.05) is 16.9 Å². The first-order valence-electron chi connectivity index (χ1n) is 11.0. The Morgan fingerprint density at radius 1 is 0.853 bits per heavy atom. The molecule has 0 bridgehead atoms. The molecule has 4 rings (SSSR count). The van der Waals surface area contributed by atoms with Crippen LogP contribution in [-0.2, 0) is 22.9 Å². The first kappa shape index (κ1) is 24.4. The molecule has 2 aromatic rings. The number of hydrogen-bond acceptors (Lipinski definition) is 7. The second-order valence-electron chi connectivity index (χ2n) is 10.1. The van der Waals surface area contributed by atoms with Gasteiger partial charge in [-0.25, -0.2) is 4.57 Å². The molecule has 2 aliphatic heterocycles. The molecule has 2 aromatic carbocycles. The van der Waals surface area contributed by atoms with Gasteiger partial charge in [-0.15, -0.1) is 0 Å². The average Bonchev–Trinajstić information content (AvgIpc) is 3.17. The Balaban J connectivity index is 1.68. The van der Waals surface area contributed by atoms with Crippen molar-refractivity contribution >= 4 is 36.5 Å². The topological polar surface area (TPSA) is 94.2 Å². The van der Waals surface area contributed by atoms with E-state index in [0.717, 1.165) is 0 Å². The molecule has 0 saturated heterocycles. The minimum absolute atomic E-state index is 0.209. The van der Waals surface area contributed by atoms with Gasteiger partial charge in [0, 0.05) is 16.8 Å². The Morgan fingerprint density at radius 3 is 2.00 bits per heavy atom. The second-order valence-corrected chi connectivity index (χ2v) is 11.6. The van der Waals surface area contributed by atoms with Crippen molar-refractivity contribution in [3.05, 3.63) is 65.4 Å². The predicted molar refractivity (Wildman–Crippen MR) is 130 cm³/mol. The first-order valence-corrected chi connectivity index (χ1v) is 12.5. The van der Waals surface area contributed by atoms with Gasteiger partial charge in [0.25, 0.3) is 5.91 Å². The van der Waals surface area contributed by atoms with Crippen LogP contribution in [-0.4, -0.2) is 29.6 Å². The number of hydrogen-bond donors (Lipinski definition) is 1. The van der Waals surface area contributed by atoms with Gasteiger partial charge in [0.05, 0.1) is 22.5 Å². The highest BCUT2D eigenvalue weighted by molar-refractivity contribution is 7.48. The second kappa shape index (κ2) is 8.47. The van der Waals surface area contributed by atoms with E-state index < -0.39 is 24.9 Å². The number of amides is 1. The Labute approximate surface area is 199 Å². The average molecular weight is 484 g/mol. The van der Waals surface area contributed by atoms with E-state index >= 15 is 0 Å². The van der Waals surface area contributed by atoms with Crippen LogP contribution in [0, 0.1) is 0 Å². The van der Waals surface area contributed by atoms with Crippen LogP contribution in [0.25, 0.3) is 5.57 Å². The number of allylic oxidation sites excluding steroid dienone is 1. The molecule has 2 heterocycles. The number of nitrogens with zero attached hydrogens (tertiary/aromatic N) is 1. The third-order valence-electron chi connectivity index (χ3n) is 4.95. The van der Waals surface area contributed by atoms with E-state index in [0.29, 0.717) is 22.5 Å². The van der Waals surface area contributed by atoms with Crippen LogP contribution in [0.4, 0.5) is 11.4 Å². The highest BCUT2D eigenvalue weighted by Gasteiger charge is 2.42. The maximum atomic E-state index is 13.6. The van der Waals surface area contributed by atoms with Gasteiger partial charge in [-0.3, -0.25) is 28.1 Å². The summed E-state index contributed by atoms with van der Waals surface area (Å²) in [5, 5.41) is 3.09. The number of fused-ring (bicyclic) bond motifs is 2. The lowest BCUT2D eigenvalue weighted by molar-refractivity contribution is -0.113. The molecular weight excluding hydrogens is 455 g/mol. The summed E-state index contributed by atoms with van der Waals surface area (Å²) in [5.41, 5.74) is 1.11. The molecule has 0 unspecified atom stereocenters. The number of benzene rings is 2. The largest absolute Gasteiger partial charge is 0.477 e. The number of nitrogens with one attached hydrogen (secondary N) is 1. The minimum atomic E-state index is -4.05. The monoisotopic (exact) mass is 484 g/mol. The maximum Gasteiger partial charge on any atom is 0.477 e. The summed E-state index contributed by atoms with van der Waals surface area (Å²) in [6.07, 6.45) is 0. The number of para-hydroxylation sites is 2. The van der Waals surface area contributed by atoms with Crippen LogP contribution in [0.15, 0.2) is 54.2 Å². The van der Waals surface area contributed by atoms with Gasteiger partial charge in [-0.1, -0.05) is 30.3 Å². The van der Waals surface area contributed by atoms with Gasteiger partial charge in [-0.05, 0) is 59.7 Å². The Kier molecular flexibility index (Phi) is 6.07. The van der Waals surface area contributed by atoms with E-state index in [2.05, 4.69) is 5.32 Å². The number of anilines is 2. The Hall–Kier alpha value is -2.77. The lowest BCUT2D eigenvalue weighted by Crippen LogP contribution is -2.31. The number of phosphoric ester groups is 1. The Bertz CT molecular complexity index is 1220. The molecule has 9 heteroatoms. The number of ketones is 1. The molecule has 1 amide bonds. The lowest BCUT2D eigenvalue weighted by atomic mass is 10.0. The summed E-state index contributed by atoms with van der Waals surface area (Å²) >= 11 is 0. The van der Waals surface area contributed by atoms with E-state index in [-0.39, 0.29) is 23.8 Å². The van der Waals surface area contributed by atoms with Crippen molar-refractivity contribution in [1.82, 2.24) is 0 Å². The molecule has 0 aromatic heterocycles. The molecule has 0 aliphatic carbocycles. The fourth-order valence-electron chi connectivity index (χ4n) is 3.81. The van der Waals surface area contributed by atoms with E-state index in [1.54, 1.807) is 84.0 Å². The highest BCUT2D eigenvalue weighted by atomic mass is 31.2. The molecule has 180 valence electrons. The molecule has 0 radical (unpaired) electrons. The predicted octanol–water partition coefficient (Wildman–Crippen LogP) is 5.77. The molecule has 0 atom stereocenters. The molecule has 0 fully saturated rings. The number of rotatable bonds is 5. The van der Waals surface area contributed by atoms with E-state index in [4.69, 9.17) is 13.6 Å². The van der Waals surface area contributed by atoms with Crippen LogP contribution in [0.5, 0.6) is 0 Å². The third kappa shape index (κ3) is 4.86. The normalized spacial score (nSPS) is 18.2. The minimum Gasteiger partial charge on any atom is -0.351 e. The molecule has 34 heavy (non-hydrogen) atoms. The zero-order valence-corrected chi connectivity index (χ0v) is 21.1. The fraction of sp³-hybridized carbons (Fsp3) is 0.360. The van der Waals surface area contributed by atoms with Crippen molar-refractivity contribution < 1.29 is 27.7 Å². The fourth-order valence-corrected chi connectivity index (χ4v) is 5.55. The number of phosphoric acid groups is 1.